The molecule has 0 bridgehead atoms. The quantitative estimate of drug-likeness (QED) is 0.647. The van der Waals surface area contributed by atoms with Crippen LogP contribution in [0.25, 0.3) is 0 Å². The predicted molar refractivity (Wildman–Crippen MR) is 89.3 cm³/mol. The van der Waals surface area contributed by atoms with Crippen molar-refractivity contribution in [1.29, 1.82) is 0 Å². The molecule has 0 aromatic rings. The summed E-state index contributed by atoms with van der Waals surface area (Å²) in [6, 6.07) is 0. The van der Waals surface area contributed by atoms with E-state index in [4.69, 9.17) is 9.47 Å². The van der Waals surface area contributed by atoms with Gasteiger partial charge in [0.15, 0.2) is 12.2 Å². The third-order valence-corrected chi connectivity index (χ3v) is 4.07. The summed E-state index contributed by atoms with van der Waals surface area (Å²) < 4.78 is 10.7. The first-order valence-corrected chi connectivity index (χ1v) is 8.58. The van der Waals surface area contributed by atoms with Gasteiger partial charge in [-0.1, -0.05) is 13.8 Å². The van der Waals surface area contributed by atoms with Crippen molar-refractivity contribution in [3.8, 4) is 0 Å². The van der Waals surface area contributed by atoms with Gasteiger partial charge in [-0.25, -0.2) is 4.79 Å². The maximum absolute atomic E-state index is 12.3. The molecule has 1 fully saturated rings. The molecule has 0 aromatic heterocycles. The minimum Gasteiger partial charge on any atom is -0.451 e. The van der Waals surface area contributed by atoms with Crippen LogP contribution in [0.3, 0.4) is 0 Å². The van der Waals surface area contributed by atoms with Crippen LogP contribution in [0.5, 0.6) is 0 Å². The van der Waals surface area contributed by atoms with Gasteiger partial charge in [0.05, 0.1) is 0 Å². The summed E-state index contributed by atoms with van der Waals surface area (Å²) in [5.41, 5.74) is 0. The lowest BCUT2D eigenvalue weighted by Crippen LogP contribution is -2.52. The molecule has 1 aliphatic heterocycles. The third-order valence-electron chi connectivity index (χ3n) is 4.07. The van der Waals surface area contributed by atoms with Crippen molar-refractivity contribution < 1.29 is 23.9 Å². The predicted octanol–water partition coefficient (Wildman–Crippen LogP) is 1.06. The van der Waals surface area contributed by atoms with Gasteiger partial charge in [0.1, 0.15) is 0 Å². The summed E-state index contributed by atoms with van der Waals surface area (Å²) in [6.45, 7) is 11.3. The normalized spacial score (nSPS) is 17.6. The minimum absolute atomic E-state index is 0.00828. The van der Waals surface area contributed by atoms with E-state index < -0.39 is 18.2 Å². The molecule has 1 saturated heterocycles. The van der Waals surface area contributed by atoms with Crippen LogP contribution in [0, 0.1) is 5.92 Å². The van der Waals surface area contributed by atoms with Crippen molar-refractivity contribution in [2.24, 2.45) is 5.92 Å². The fraction of sp³-hybridized carbons (Fsp3) is 0.824. The molecular weight excluding hydrogens is 312 g/mol. The molecule has 24 heavy (non-hydrogen) atoms. The molecule has 0 saturated carbocycles. The van der Waals surface area contributed by atoms with Crippen molar-refractivity contribution in [2.75, 3.05) is 32.8 Å². The van der Waals surface area contributed by atoms with E-state index in [1.807, 2.05) is 0 Å². The number of amides is 2. The summed E-state index contributed by atoms with van der Waals surface area (Å²) >= 11 is 0. The lowest BCUT2D eigenvalue weighted by atomic mass is 10.1. The van der Waals surface area contributed by atoms with Crippen LogP contribution in [0.4, 0.5) is 0 Å². The number of hydrogen-bond acceptors (Lipinski definition) is 5. The molecular formula is C17H30N2O5. The Kier molecular flexibility index (Phi) is 8.18. The zero-order valence-corrected chi connectivity index (χ0v) is 15.4. The molecule has 2 unspecified atom stereocenters. The van der Waals surface area contributed by atoms with Crippen LogP contribution in [0.1, 0.15) is 41.0 Å². The van der Waals surface area contributed by atoms with Crippen molar-refractivity contribution in [2.45, 2.75) is 53.2 Å². The minimum atomic E-state index is -0.850. The van der Waals surface area contributed by atoms with Gasteiger partial charge in [0.25, 0.3) is 5.91 Å². The first kappa shape index (κ1) is 20.4. The molecule has 0 aromatic carbocycles. The average molecular weight is 342 g/mol. The summed E-state index contributed by atoms with van der Waals surface area (Å²) in [7, 11) is 0. The maximum Gasteiger partial charge on any atom is 0.335 e. The summed E-state index contributed by atoms with van der Waals surface area (Å²) in [6.07, 6.45) is -0.668. The highest BCUT2D eigenvalue weighted by Gasteiger charge is 2.29. The van der Waals surface area contributed by atoms with Gasteiger partial charge in [-0.05, 0) is 26.2 Å². The van der Waals surface area contributed by atoms with Crippen LogP contribution in [-0.2, 0) is 23.9 Å². The lowest BCUT2D eigenvalue weighted by molar-refractivity contribution is -0.168. The lowest BCUT2D eigenvalue weighted by Gasteiger charge is -2.35. The van der Waals surface area contributed by atoms with E-state index in [9.17, 15) is 14.4 Å². The topological polar surface area (TPSA) is 76.2 Å². The zero-order chi connectivity index (χ0) is 18.3. The Morgan fingerprint density at radius 2 is 1.46 bits per heavy atom. The van der Waals surface area contributed by atoms with E-state index in [0.717, 1.165) is 6.42 Å². The standard InChI is InChI=1S/C17H30N2O5/c1-12(2)6-11-23-14(4)17(22)24-13(3)16(21)19-9-7-18(8-10-19)15(5)20/h12-14H,6-11H2,1-5H3. The Bertz CT molecular complexity index is 444. The second-order valence-corrected chi connectivity index (χ2v) is 6.61. The molecule has 2 amide bonds. The van der Waals surface area contributed by atoms with Gasteiger partial charge in [-0.3, -0.25) is 9.59 Å². The number of piperazine rings is 1. The second kappa shape index (κ2) is 9.61. The monoisotopic (exact) mass is 342 g/mol. The highest BCUT2D eigenvalue weighted by Crippen LogP contribution is 2.08. The average Bonchev–Trinajstić information content (AvgIpc) is 2.53. The molecule has 138 valence electrons. The second-order valence-electron chi connectivity index (χ2n) is 6.61. The van der Waals surface area contributed by atoms with E-state index in [1.165, 1.54) is 6.92 Å². The van der Waals surface area contributed by atoms with Crippen LogP contribution in [0.2, 0.25) is 0 Å². The molecule has 0 N–H and O–H groups in total. The van der Waals surface area contributed by atoms with E-state index >= 15 is 0 Å². The highest BCUT2D eigenvalue weighted by atomic mass is 16.6. The molecule has 1 rings (SSSR count). The molecule has 1 heterocycles. The molecule has 2 atom stereocenters. The number of carbonyl (C=O) groups excluding carboxylic acids is 3. The third kappa shape index (κ3) is 6.47. The number of carbonyl (C=O) groups is 3. The number of hydrogen-bond donors (Lipinski definition) is 0. The van der Waals surface area contributed by atoms with E-state index in [0.29, 0.717) is 38.7 Å². The smallest absolute Gasteiger partial charge is 0.335 e. The number of rotatable bonds is 7. The molecule has 0 radical (unpaired) electrons. The number of nitrogens with zero attached hydrogens (tertiary/aromatic N) is 2. The zero-order valence-electron chi connectivity index (χ0n) is 15.4. The molecule has 7 heteroatoms. The van der Waals surface area contributed by atoms with Gasteiger partial charge in [0.2, 0.25) is 5.91 Å². The van der Waals surface area contributed by atoms with Crippen LogP contribution < -0.4 is 0 Å². The largest absolute Gasteiger partial charge is 0.451 e. The van der Waals surface area contributed by atoms with Crippen molar-refractivity contribution in [3.63, 3.8) is 0 Å². The summed E-state index contributed by atoms with van der Waals surface area (Å²) in [5, 5.41) is 0. The molecule has 0 spiro atoms. The fourth-order valence-electron chi connectivity index (χ4n) is 2.37. The van der Waals surface area contributed by atoms with Crippen molar-refractivity contribution in [1.82, 2.24) is 9.80 Å². The summed E-state index contributed by atoms with van der Waals surface area (Å²) in [5.74, 6) is -0.251. The van der Waals surface area contributed by atoms with E-state index in [-0.39, 0.29) is 11.8 Å². The first-order valence-electron chi connectivity index (χ1n) is 8.58. The van der Waals surface area contributed by atoms with Crippen molar-refractivity contribution >= 4 is 17.8 Å². The Hall–Kier alpha value is -1.63. The first-order chi connectivity index (χ1) is 11.2. The van der Waals surface area contributed by atoms with Gasteiger partial charge in [-0.15, -0.1) is 0 Å². The van der Waals surface area contributed by atoms with Gasteiger partial charge in [-0.2, -0.15) is 0 Å². The SMILES string of the molecule is CC(=O)N1CCN(C(=O)C(C)OC(=O)C(C)OCCC(C)C)CC1. The molecule has 0 aliphatic carbocycles. The maximum atomic E-state index is 12.3. The Labute approximate surface area is 144 Å². The number of esters is 1. The Balaban J connectivity index is 2.38. The van der Waals surface area contributed by atoms with Gasteiger partial charge in [0, 0.05) is 39.7 Å². The Morgan fingerprint density at radius 1 is 0.917 bits per heavy atom. The Morgan fingerprint density at radius 3 is 1.96 bits per heavy atom. The molecule has 7 nitrogen and oxygen atoms in total. The number of ether oxygens (including phenoxy) is 2. The highest BCUT2D eigenvalue weighted by molar-refractivity contribution is 5.84. The van der Waals surface area contributed by atoms with Crippen molar-refractivity contribution in [3.05, 3.63) is 0 Å². The molecule has 1 aliphatic rings. The van der Waals surface area contributed by atoms with Crippen LogP contribution in [0.15, 0.2) is 0 Å². The fourth-order valence-corrected chi connectivity index (χ4v) is 2.37. The van der Waals surface area contributed by atoms with E-state index in [1.54, 1.807) is 23.6 Å². The van der Waals surface area contributed by atoms with Crippen LogP contribution >= 0.6 is 0 Å². The van der Waals surface area contributed by atoms with Gasteiger partial charge < -0.3 is 19.3 Å². The van der Waals surface area contributed by atoms with E-state index in [2.05, 4.69) is 13.8 Å². The summed E-state index contributed by atoms with van der Waals surface area (Å²) in [4.78, 5) is 39.0. The van der Waals surface area contributed by atoms with Crippen LogP contribution in [-0.4, -0.2) is 72.6 Å². The van der Waals surface area contributed by atoms with Gasteiger partial charge >= 0.3 is 5.97 Å².